The summed E-state index contributed by atoms with van der Waals surface area (Å²) < 4.78 is 36.7. The summed E-state index contributed by atoms with van der Waals surface area (Å²) in [5.41, 5.74) is 0.836. The van der Waals surface area contributed by atoms with E-state index in [0.29, 0.717) is 5.56 Å². The summed E-state index contributed by atoms with van der Waals surface area (Å²) in [7, 11) is -3.54. The van der Waals surface area contributed by atoms with Gasteiger partial charge in [-0.3, -0.25) is 4.79 Å². The van der Waals surface area contributed by atoms with Crippen molar-refractivity contribution in [3.8, 4) is 0 Å². The zero-order chi connectivity index (χ0) is 14.6. The molecule has 0 amide bonds. The first-order valence-electron chi connectivity index (χ1n) is 5.99. The minimum absolute atomic E-state index is 0.180. The third-order valence-electron chi connectivity index (χ3n) is 2.75. The van der Waals surface area contributed by atoms with Gasteiger partial charge in [0.1, 0.15) is 11.6 Å². The molecule has 104 valence electrons. The third-order valence-corrected chi connectivity index (χ3v) is 4.22. The molecular weight excluding hydrogens is 279 g/mol. The van der Waals surface area contributed by atoms with Gasteiger partial charge in [-0.1, -0.05) is 30.3 Å². The lowest BCUT2D eigenvalue weighted by Crippen LogP contribution is -2.18. The molecule has 0 fully saturated rings. The van der Waals surface area contributed by atoms with E-state index < -0.39 is 27.2 Å². The molecule has 5 heteroatoms. The molecule has 0 aliphatic carbocycles. The lowest BCUT2D eigenvalue weighted by atomic mass is 10.1. The molecule has 0 saturated carbocycles. The fourth-order valence-electron chi connectivity index (χ4n) is 1.80. The van der Waals surface area contributed by atoms with Crippen LogP contribution >= 0.6 is 0 Å². The summed E-state index contributed by atoms with van der Waals surface area (Å²) in [5, 5.41) is 0. The molecule has 0 spiro atoms. The fourth-order valence-corrected chi connectivity index (χ4v) is 3.17. The molecular formula is C15H13FO3S. The third kappa shape index (κ3) is 3.99. The summed E-state index contributed by atoms with van der Waals surface area (Å²) in [4.78, 5) is 11.9. The first-order chi connectivity index (χ1) is 9.46. The van der Waals surface area contributed by atoms with Crippen molar-refractivity contribution >= 4 is 15.6 Å². The first-order valence-corrected chi connectivity index (χ1v) is 7.81. The molecule has 3 nitrogen and oxygen atoms in total. The van der Waals surface area contributed by atoms with E-state index in [1.165, 1.54) is 12.1 Å². The number of carbonyl (C=O) groups excluding carboxylic acids is 1. The molecule has 0 heterocycles. The number of hydrogen-bond donors (Lipinski definition) is 0. The molecule has 2 rings (SSSR count). The van der Waals surface area contributed by atoms with Gasteiger partial charge in [-0.05, 0) is 29.8 Å². The Balaban J connectivity index is 2.08. The second-order valence-electron chi connectivity index (χ2n) is 4.45. The Labute approximate surface area is 117 Å². The number of hydrogen-bond acceptors (Lipinski definition) is 3. The Bertz CT molecular complexity index is 692. The van der Waals surface area contributed by atoms with Gasteiger partial charge in [0.05, 0.1) is 5.75 Å². The van der Waals surface area contributed by atoms with Crippen molar-refractivity contribution in [1.29, 1.82) is 0 Å². The summed E-state index contributed by atoms with van der Waals surface area (Å²) in [6.07, 6.45) is 0. The van der Waals surface area contributed by atoms with E-state index in [2.05, 4.69) is 0 Å². The van der Waals surface area contributed by atoms with Crippen LogP contribution in [-0.4, -0.2) is 20.0 Å². The van der Waals surface area contributed by atoms with E-state index in [-0.39, 0.29) is 11.3 Å². The molecule has 0 N–H and O–H groups in total. The highest BCUT2D eigenvalue weighted by atomic mass is 32.2. The molecule has 20 heavy (non-hydrogen) atoms. The van der Waals surface area contributed by atoms with Crippen LogP contribution in [0.3, 0.4) is 0 Å². The summed E-state index contributed by atoms with van der Waals surface area (Å²) in [6, 6.07) is 13.5. The summed E-state index contributed by atoms with van der Waals surface area (Å²) in [6.45, 7) is 0. The molecule has 0 saturated heterocycles. The monoisotopic (exact) mass is 292 g/mol. The SMILES string of the molecule is O=C(CS(=O)(=O)Cc1ccccc1)c1ccc(F)cc1. The lowest BCUT2D eigenvalue weighted by molar-refractivity contribution is 0.102. The average molecular weight is 292 g/mol. The lowest BCUT2D eigenvalue weighted by Gasteiger charge is -2.04. The second kappa shape index (κ2) is 5.96. The maximum absolute atomic E-state index is 12.7. The van der Waals surface area contributed by atoms with Crippen LogP contribution in [-0.2, 0) is 15.6 Å². The van der Waals surface area contributed by atoms with Crippen LogP contribution in [0.1, 0.15) is 15.9 Å². The minimum Gasteiger partial charge on any atom is -0.293 e. The number of rotatable bonds is 5. The van der Waals surface area contributed by atoms with E-state index in [0.717, 1.165) is 12.1 Å². The number of halogens is 1. The first kappa shape index (κ1) is 14.4. The van der Waals surface area contributed by atoms with Gasteiger partial charge in [-0.2, -0.15) is 0 Å². The predicted molar refractivity (Wildman–Crippen MR) is 74.7 cm³/mol. The van der Waals surface area contributed by atoms with Crippen molar-refractivity contribution < 1.29 is 17.6 Å². The van der Waals surface area contributed by atoms with E-state index in [1.54, 1.807) is 30.3 Å². The number of sulfone groups is 1. The molecule has 0 radical (unpaired) electrons. The van der Waals surface area contributed by atoms with Crippen LogP contribution in [0.15, 0.2) is 54.6 Å². The summed E-state index contributed by atoms with van der Waals surface area (Å²) in [5.74, 6) is -1.75. The van der Waals surface area contributed by atoms with Crippen molar-refractivity contribution in [3.63, 3.8) is 0 Å². The number of carbonyl (C=O) groups is 1. The van der Waals surface area contributed by atoms with Crippen LogP contribution in [0.25, 0.3) is 0 Å². The van der Waals surface area contributed by atoms with E-state index in [1.807, 2.05) is 0 Å². The smallest absolute Gasteiger partial charge is 0.177 e. The van der Waals surface area contributed by atoms with Crippen molar-refractivity contribution in [2.75, 3.05) is 5.75 Å². The number of ketones is 1. The molecule has 0 bridgehead atoms. The van der Waals surface area contributed by atoms with Gasteiger partial charge < -0.3 is 0 Å². The highest BCUT2D eigenvalue weighted by Crippen LogP contribution is 2.10. The maximum atomic E-state index is 12.7. The number of benzene rings is 2. The average Bonchev–Trinajstić information content (AvgIpc) is 2.39. The fraction of sp³-hybridized carbons (Fsp3) is 0.133. The normalized spacial score (nSPS) is 11.2. The predicted octanol–water partition coefficient (Wildman–Crippen LogP) is 2.62. The van der Waals surface area contributed by atoms with Crippen LogP contribution in [0, 0.1) is 5.82 Å². The van der Waals surface area contributed by atoms with E-state index in [9.17, 15) is 17.6 Å². The van der Waals surface area contributed by atoms with Gasteiger partial charge >= 0.3 is 0 Å². The van der Waals surface area contributed by atoms with Crippen molar-refractivity contribution in [3.05, 3.63) is 71.5 Å². The Morgan fingerprint density at radius 3 is 2.15 bits per heavy atom. The van der Waals surface area contributed by atoms with Gasteiger partial charge in [0, 0.05) is 5.56 Å². The molecule has 0 aliphatic heterocycles. The Hall–Kier alpha value is -2.01. The van der Waals surface area contributed by atoms with Gasteiger partial charge in [0.25, 0.3) is 0 Å². The standard InChI is InChI=1S/C15H13FO3S/c16-14-8-6-13(7-9-14)15(17)11-20(18,19)10-12-4-2-1-3-5-12/h1-9H,10-11H2. The largest absolute Gasteiger partial charge is 0.293 e. The quantitative estimate of drug-likeness (QED) is 0.796. The summed E-state index contributed by atoms with van der Waals surface area (Å²) >= 11 is 0. The molecule has 0 aliphatic rings. The highest BCUT2D eigenvalue weighted by molar-refractivity contribution is 7.91. The molecule has 0 atom stereocenters. The minimum atomic E-state index is -3.54. The van der Waals surface area contributed by atoms with Crippen molar-refractivity contribution in [2.24, 2.45) is 0 Å². The number of Topliss-reactive ketones (excluding diaryl/α,β-unsaturated/α-hetero) is 1. The zero-order valence-electron chi connectivity index (χ0n) is 10.6. The van der Waals surface area contributed by atoms with Crippen LogP contribution in [0.4, 0.5) is 4.39 Å². The van der Waals surface area contributed by atoms with Crippen molar-refractivity contribution in [1.82, 2.24) is 0 Å². The molecule has 2 aromatic carbocycles. The second-order valence-corrected chi connectivity index (χ2v) is 6.51. The Morgan fingerprint density at radius 1 is 0.950 bits per heavy atom. The molecule has 0 aromatic heterocycles. The van der Waals surface area contributed by atoms with Crippen LogP contribution < -0.4 is 0 Å². The van der Waals surface area contributed by atoms with Crippen LogP contribution in [0.5, 0.6) is 0 Å². The zero-order valence-corrected chi connectivity index (χ0v) is 11.4. The van der Waals surface area contributed by atoms with E-state index in [4.69, 9.17) is 0 Å². The molecule has 0 unspecified atom stereocenters. The Morgan fingerprint density at radius 2 is 1.55 bits per heavy atom. The van der Waals surface area contributed by atoms with Gasteiger partial charge in [0.15, 0.2) is 15.6 Å². The highest BCUT2D eigenvalue weighted by Gasteiger charge is 2.18. The Kier molecular flexibility index (Phi) is 4.29. The van der Waals surface area contributed by atoms with Gasteiger partial charge in [0.2, 0.25) is 0 Å². The van der Waals surface area contributed by atoms with E-state index >= 15 is 0 Å². The topological polar surface area (TPSA) is 51.2 Å². The van der Waals surface area contributed by atoms with Gasteiger partial charge in [-0.25, -0.2) is 12.8 Å². The van der Waals surface area contributed by atoms with Gasteiger partial charge in [-0.15, -0.1) is 0 Å². The molecule has 2 aromatic rings. The maximum Gasteiger partial charge on any atom is 0.177 e. The van der Waals surface area contributed by atoms with Crippen LogP contribution in [0.2, 0.25) is 0 Å². The van der Waals surface area contributed by atoms with Crippen molar-refractivity contribution in [2.45, 2.75) is 5.75 Å².